The van der Waals surface area contributed by atoms with E-state index < -0.39 is 5.82 Å². The highest BCUT2D eigenvalue weighted by Gasteiger charge is 2.19. The SMILES string of the molecule is CCCc1c(-c2cccc(Cl)c2F)sc(C#N)c1N. The molecule has 0 bridgehead atoms. The Bertz CT molecular complexity index is 658. The average Bonchev–Trinajstić information content (AvgIpc) is 2.71. The minimum Gasteiger partial charge on any atom is -0.397 e. The molecule has 2 rings (SSSR count). The maximum Gasteiger partial charge on any atom is 0.150 e. The number of thiophene rings is 1. The van der Waals surface area contributed by atoms with Crippen LogP contribution in [-0.4, -0.2) is 0 Å². The molecule has 2 N–H and O–H groups in total. The lowest BCUT2D eigenvalue weighted by molar-refractivity contribution is 0.632. The van der Waals surface area contributed by atoms with Crippen LogP contribution < -0.4 is 5.73 Å². The summed E-state index contributed by atoms with van der Waals surface area (Å²) in [5, 5.41) is 9.13. The molecule has 0 saturated heterocycles. The van der Waals surface area contributed by atoms with Gasteiger partial charge < -0.3 is 5.73 Å². The molecule has 1 aromatic heterocycles. The fourth-order valence-electron chi connectivity index (χ4n) is 1.96. The lowest BCUT2D eigenvalue weighted by Gasteiger charge is -2.06. The molecule has 0 unspecified atom stereocenters. The smallest absolute Gasteiger partial charge is 0.150 e. The average molecular weight is 295 g/mol. The van der Waals surface area contributed by atoms with Crippen molar-refractivity contribution in [2.24, 2.45) is 0 Å². The van der Waals surface area contributed by atoms with Gasteiger partial charge in [-0.1, -0.05) is 37.1 Å². The van der Waals surface area contributed by atoms with Crippen LogP contribution in [0.4, 0.5) is 10.1 Å². The van der Waals surface area contributed by atoms with Crippen LogP contribution in [0, 0.1) is 17.1 Å². The topological polar surface area (TPSA) is 49.8 Å². The highest BCUT2D eigenvalue weighted by atomic mass is 35.5. The third kappa shape index (κ3) is 2.44. The van der Waals surface area contributed by atoms with Crippen LogP contribution in [0.2, 0.25) is 5.02 Å². The lowest BCUT2D eigenvalue weighted by Crippen LogP contribution is -1.94. The molecule has 2 nitrogen and oxygen atoms in total. The number of hydrogen-bond donors (Lipinski definition) is 1. The van der Waals surface area contributed by atoms with Crippen molar-refractivity contribution in [3.8, 4) is 16.5 Å². The number of nitriles is 1. The first kappa shape index (κ1) is 13.9. The summed E-state index contributed by atoms with van der Waals surface area (Å²) in [6.07, 6.45) is 1.59. The van der Waals surface area contributed by atoms with Crippen molar-refractivity contribution in [3.05, 3.63) is 39.5 Å². The van der Waals surface area contributed by atoms with E-state index >= 15 is 0 Å². The van der Waals surface area contributed by atoms with Gasteiger partial charge in [0.05, 0.1) is 10.7 Å². The summed E-state index contributed by atoms with van der Waals surface area (Å²) in [5.41, 5.74) is 7.67. The molecule has 0 spiro atoms. The van der Waals surface area contributed by atoms with E-state index in [9.17, 15) is 4.39 Å². The fraction of sp³-hybridized carbons (Fsp3) is 0.214. The number of anilines is 1. The minimum atomic E-state index is -0.466. The van der Waals surface area contributed by atoms with Crippen molar-refractivity contribution in [1.29, 1.82) is 5.26 Å². The predicted molar refractivity (Wildman–Crippen MR) is 77.8 cm³/mol. The third-order valence-corrected chi connectivity index (χ3v) is 4.32. The Morgan fingerprint density at radius 2 is 2.21 bits per heavy atom. The molecular formula is C14H12ClFN2S. The Balaban J connectivity index is 2.68. The van der Waals surface area contributed by atoms with Gasteiger partial charge in [0.15, 0.2) is 0 Å². The summed E-state index contributed by atoms with van der Waals surface area (Å²) in [5.74, 6) is -0.466. The predicted octanol–water partition coefficient (Wildman–Crippen LogP) is 4.61. The zero-order valence-electron chi connectivity index (χ0n) is 10.3. The van der Waals surface area contributed by atoms with Crippen LogP contribution in [-0.2, 0) is 6.42 Å². The Hall–Kier alpha value is -1.57. The summed E-state index contributed by atoms with van der Waals surface area (Å²) in [6.45, 7) is 2.02. The van der Waals surface area contributed by atoms with Crippen molar-refractivity contribution in [1.82, 2.24) is 0 Å². The second-order valence-electron chi connectivity index (χ2n) is 4.12. The molecule has 0 atom stereocenters. The molecule has 0 aliphatic rings. The van der Waals surface area contributed by atoms with Crippen molar-refractivity contribution >= 4 is 28.6 Å². The zero-order chi connectivity index (χ0) is 14.0. The van der Waals surface area contributed by atoms with E-state index in [-0.39, 0.29) is 5.02 Å². The summed E-state index contributed by atoms with van der Waals surface area (Å²) in [6, 6.07) is 6.91. The molecule has 98 valence electrons. The van der Waals surface area contributed by atoms with Crippen molar-refractivity contribution in [2.45, 2.75) is 19.8 Å². The van der Waals surface area contributed by atoms with Gasteiger partial charge in [0.1, 0.15) is 16.8 Å². The number of rotatable bonds is 3. The van der Waals surface area contributed by atoms with Gasteiger partial charge in [-0.2, -0.15) is 5.26 Å². The largest absolute Gasteiger partial charge is 0.397 e. The Kier molecular flexibility index (Phi) is 4.08. The van der Waals surface area contributed by atoms with Gasteiger partial charge in [0, 0.05) is 10.4 Å². The highest BCUT2D eigenvalue weighted by Crippen LogP contribution is 2.41. The number of hydrogen-bond acceptors (Lipinski definition) is 3. The van der Waals surface area contributed by atoms with Gasteiger partial charge in [-0.05, 0) is 18.1 Å². The summed E-state index contributed by atoms with van der Waals surface area (Å²) >= 11 is 7.02. The van der Waals surface area contributed by atoms with Crippen LogP contribution in [0.25, 0.3) is 10.4 Å². The van der Waals surface area contributed by atoms with Gasteiger partial charge >= 0.3 is 0 Å². The van der Waals surface area contributed by atoms with E-state index in [4.69, 9.17) is 22.6 Å². The van der Waals surface area contributed by atoms with Gasteiger partial charge in [-0.3, -0.25) is 0 Å². The van der Waals surface area contributed by atoms with Gasteiger partial charge in [0.2, 0.25) is 0 Å². The van der Waals surface area contributed by atoms with E-state index in [0.717, 1.165) is 12.0 Å². The first-order chi connectivity index (χ1) is 9.10. The molecule has 1 heterocycles. The first-order valence-corrected chi connectivity index (χ1v) is 7.05. The molecule has 0 aliphatic heterocycles. The number of benzene rings is 1. The van der Waals surface area contributed by atoms with Crippen LogP contribution >= 0.6 is 22.9 Å². The molecule has 0 saturated carbocycles. The molecule has 5 heteroatoms. The van der Waals surface area contributed by atoms with Crippen LogP contribution in [0.15, 0.2) is 18.2 Å². The standard InChI is InChI=1S/C14H12ClFN2S/c1-2-4-9-13(18)11(7-17)19-14(9)8-5-3-6-10(15)12(8)16/h3,5-6H,2,4,18H2,1H3. The summed E-state index contributed by atoms with van der Waals surface area (Å²) < 4.78 is 14.1. The lowest BCUT2D eigenvalue weighted by atomic mass is 10.0. The third-order valence-electron chi connectivity index (χ3n) is 2.85. The molecule has 0 fully saturated rings. The maximum atomic E-state index is 14.1. The zero-order valence-corrected chi connectivity index (χ0v) is 11.9. The molecule has 0 aliphatic carbocycles. The molecule has 0 amide bonds. The van der Waals surface area contributed by atoms with Crippen molar-refractivity contribution in [3.63, 3.8) is 0 Å². The van der Waals surface area contributed by atoms with Gasteiger partial charge in [0.25, 0.3) is 0 Å². The summed E-state index contributed by atoms with van der Waals surface area (Å²) in [7, 11) is 0. The minimum absolute atomic E-state index is 0.0745. The van der Waals surface area contributed by atoms with Crippen LogP contribution in [0.3, 0.4) is 0 Å². The van der Waals surface area contributed by atoms with E-state index in [1.165, 1.54) is 17.4 Å². The number of nitrogen functional groups attached to an aromatic ring is 1. The monoisotopic (exact) mass is 294 g/mol. The van der Waals surface area contributed by atoms with E-state index in [2.05, 4.69) is 6.07 Å². The van der Waals surface area contributed by atoms with E-state index in [1.807, 2.05) is 6.92 Å². The number of nitrogens with two attached hydrogens (primary N) is 1. The van der Waals surface area contributed by atoms with E-state index in [0.29, 0.717) is 27.4 Å². The van der Waals surface area contributed by atoms with Crippen LogP contribution in [0.1, 0.15) is 23.8 Å². The van der Waals surface area contributed by atoms with Crippen LogP contribution in [0.5, 0.6) is 0 Å². The Morgan fingerprint density at radius 3 is 2.84 bits per heavy atom. The molecule has 2 aromatic rings. The maximum absolute atomic E-state index is 14.1. The van der Waals surface area contributed by atoms with E-state index in [1.54, 1.807) is 12.1 Å². The molecular weight excluding hydrogens is 283 g/mol. The first-order valence-electron chi connectivity index (χ1n) is 5.85. The normalized spacial score (nSPS) is 10.4. The fourth-order valence-corrected chi connectivity index (χ4v) is 3.22. The molecule has 1 aromatic carbocycles. The molecule has 19 heavy (non-hydrogen) atoms. The number of halogens is 2. The van der Waals surface area contributed by atoms with Gasteiger partial charge in [-0.15, -0.1) is 11.3 Å². The van der Waals surface area contributed by atoms with Crippen molar-refractivity contribution in [2.75, 3.05) is 5.73 Å². The second-order valence-corrected chi connectivity index (χ2v) is 5.54. The highest BCUT2D eigenvalue weighted by molar-refractivity contribution is 7.16. The molecule has 0 radical (unpaired) electrons. The van der Waals surface area contributed by atoms with Crippen molar-refractivity contribution < 1.29 is 4.39 Å². The second kappa shape index (κ2) is 5.60. The Morgan fingerprint density at radius 1 is 1.47 bits per heavy atom. The van der Waals surface area contributed by atoms with Gasteiger partial charge in [-0.25, -0.2) is 4.39 Å². The summed E-state index contributed by atoms with van der Waals surface area (Å²) in [4.78, 5) is 1.13. The quantitative estimate of drug-likeness (QED) is 0.898. The number of nitrogens with zero attached hydrogens (tertiary/aromatic N) is 1. The Labute approximate surface area is 120 Å².